The lowest BCUT2D eigenvalue weighted by molar-refractivity contribution is -0.0649. The van der Waals surface area contributed by atoms with Gasteiger partial charge in [0.25, 0.3) is 0 Å². The van der Waals surface area contributed by atoms with Crippen LogP contribution in [0.3, 0.4) is 0 Å². The van der Waals surface area contributed by atoms with Gasteiger partial charge in [-0.25, -0.2) is 14.0 Å². The summed E-state index contributed by atoms with van der Waals surface area (Å²) in [4.78, 5) is 14.9. The Hall–Kier alpha value is -1.96. The van der Waals surface area contributed by atoms with Crippen LogP contribution in [0.5, 0.6) is 0 Å². The smallest absolute Gasteiger partial charge is 0.349 e. The largest absolute Gasteiger partial charge is 0.350 e. The fourth-order valence-electron chi connectivity index (χ4n) is 3.67. The van der Waals surface area contributed by atoms with Gasteiger partial charge in [0.15, 0.2) is 6.29 Å². The molecular weight excluding hydrogens is 320 g/mol. The molecule has 0 aliphatic carbocycles. The Balaban J connectivity index is 1.50. The molecule has 2 saturated heterocycles. The Morgan fingerprint density at radius 2 is 1.80 bits per heavy atom. The second-order valence-electron chi connectivity index (χ2n) is 6.68. The van der Waals surface area contributed by atoms with Gasteiger partial charge in [-0.2, -0.15) is 5.10 Å². The van der Waals surface area contributed by atoms with E-state index in [-0.39, 0.29) is 17.9 Å². The first-order valence-electron chi connectivity index (χ1n) is 8.89. The maximum absolute atomic E-state index is 12.5. The topological polar surface area (TPSA) is 61.5 Å². The van der Waals surface area contributed by atoms with Crippen LogP contribution in [0.25, 0.3) is 5.69 Å². The van der Waals surface area contributed by atoms with Gasteiger partial charge in [-0.15, -0.1) is 0 Å². The average Bonchev–Trinajstić information content (AvgIpc) is 3.25. The van der Waals surface area contributed by atoms with Gasteiger partial charge in [0, 0.05) is 19.5 Å². The number of para-hydroxylation sites is 1. The molecule has 0 saturated carbocycles. The van der Waals surface area contributed by atoms with Gasteiger partial charge in [0.2, 0.25) is 0 Å². The standard InChI is InChI=1S/C18H24N4O3/c1-20-18(23)22(15-5-3-2-4-6-15)17(19-20)14-7-9-21(10-8-14)13-16-24-11-12-25-16/h2-6,14,16H,7-13H2,1H3. The summed E-state index contributed by atoms with van der Waals surface area (Å²) in [6.45, 7) is 4.14. The first kappa shape index (κ1) is 16.5. The molecule has 0 unspecified atom stereocenters. The van der Waals surface area contributed by atoms with E-state index in [1.54, 1.807) is 11.6 Å². The Morgan fingerprint density at radius 3 is 2.48 bits per heavy atom. The van der Waals surface area contributed by atoms with Gasteiger partial charge in [0.05, 0.1) is 18.9 Å². The summed E-state index contributed by atoms with van der Waals surface area (Å²) in [5, 5.41) is 4.54. The summed E-state index contributed by atoms with van der Waals surface area (Å²) < 4.78 is 14.3. The molecule has 4 rings (SSSR count). The lowest BCUT2D eigenvalue weighted by atomic mass is 9.95. The Kier molecular flexibility index (Phi) is 4.70. The molecule has 7 nitrogen and oxygen atoms in total. The van der Waals surface area contributed by atoms with Gasteiger partial charge in [-0.1, -0.05) is 18.2 Å². The van der Waals surface area contributed by atoms with E-state index in [0.29, 0.717) is 13.2 Å². The van der Waals surface area contributed by atoms with Crippen LogP contribution in [-0.4, -0.2) is 58.4 Å². The minimum absolute atomic E-state index is 0.0867. The molecule has 0 N–H and O–H groups in total. The van der Waals surface area contributed by atoms with Crippen LogP contribution < -0.4 is 5.69 Å². The number of nitrogens with zero attached hydrogens (tertiary/aromatic N) is 4. The number of rotatable bonds is 4. The fraction of sp³-hybridized carbons (Fsp3) is 0.556. The lowest BCUT2D eigenvalue weighted by Crippen LogP contribution is -2.39. The number of aryl methyl sites for hydroxylation is 1. The summed E-state index contributed by atoms with van der Waals surface area (Å²) in [6.07, 6.45) is 1.88. The van der Waals surface area contributed by atoms with E-state index in [4.69, 9.17) is 9.47 Å². The summed E-state index contributed by atoms with van der Waals surface area (Å²) in [6, 6.07) is 9.76. The molecule has 0 spiro atoms. The molecule has 7 heteroatoms. The number of hydrogen-bond acceptors (Lipinski definition) is 5. The Bertz CT molecular complexity index is 756. The third-order valence-corrected chi connectivity index (χ3v) is 5.01. The van der Waals surface area contributed by atoms with Gasteiger partial charge >= 0.3 is 5.69 Å². The second-order valence-corrected chi connectivity index (χ2v) is 6.68. The minimum atomic E-state index is -0.0890. The first-order chi connectivity index (χ1) is 12.2. The zero-order valence-corrected chi connectivity index (χ0v) is 14.5. The number of ether oxygens (including phenoxy) is 2. The van der Waals surface area contributed by atoms with Crippen molar-refractivity contribution in [2.45, 2.75) is 25.0 Å². The van der Waals surface area contributed by atoms with Crippen LogP contribution in [0.15, 0.2) is 35.1 Å². The van der Waals surface area contributed by atoms with E-state index >= 15 is 0 Å². The van der Waals surface area contributed by atoms with Crippen molar-refractivity contribution >= 4 is 0 Å². The minimum Gasteiger partial charge on any atom is -0.349 e. The number of benzene rings is 1. The monoisotopic (exact) mass is 344 g/mol. The molecule has 1 aromatic carbocycles. The summed E-state index contributed by atoms with van der Waals surface area (Å²) >= 11 is 0. The highest BCUT2D eigenvalue weighted by atomic mass is 16.7. The van der Waals surface area contributed by atoms with Gasteiger partial charge in [0.1, 0.15) is 5.82 Å². The molecule has 3 heterocycles. The summed E-state index contributed by atoms with van der Waals surface area (Å²) in [5.41, 5.74) is 0.794. The van der Waals surface area contributed by atoms with Crippen LogP contribution in [0.4, 0.5) is 0 Å². The van der Waals surface area contributed by atoms with E-state index < -0.39 is 0 Å². The number of aromatic nitrogens is 3. The predicted molar refractivity (Wildman–Crippen MR) is 92.9 cm³/mol. The molecule has 1 aromatic heterocycles. The van der Waals surface area contributed by atoms with Crippen LogP contribution in [0.2, 0.25) is 0 Å². The SMILES string of the molecule is Cn1nc(C2CCN(CC3OCCO3)CC2)n(-c2ccccc2)c1=O. The van der Waals surface area contributed by atoms with Gasteiger partial charge in [-0.05, 0) is 38.1 Å². The third kappa shape index (κ3) is 3.40. The molecule has 0 radical (unpaired) electrons. The number of likely N-dealkylation sites (tertiary alicyclic amines) is 1. The van der Waals surface area contributed by atoms with Crippen molar-refractivity contribution in [2.75, 3.05) is 32.8 Å². The van der Waals surface area contributed by atoms with Crippen molar-refractivity contribution in [3.63, 3.8) is 0 Å². The molecule has 0 atom stereocenters. The summed E-state index contributed by atoms with van der Waals surface area (Å²) in [7, 11) is 1.72. The highest BCUT2D eigenvalue weighted by Crippen LogP contribution is 2.28. The number of piperidine rings is 1. The van der Waals surface area contributed by atoms with Crippen molar-refractivity contribution in [2.24, 2.45) is 7.05 Å². The van der Waals surface area contributed by atoms with Gasteiger partial charge in [-0.3, -0.25) is 4.90 Å². The molecule has 134 valence electrons. The van der Waals surface area contributed by atoms with Crippen LogP contribution in [-0.2, 0) is 16.5 Å². The average molecular weight is 344 g/mol. The van der Waals surface area contributed by atoms with Crippen molar-refractivity contribution in [3.05, 3.63) is 46.6 Å². The molecule has 25 heavy (non-hydrogen) atoms. The second kappa shape index (κ2) is 7.11. The maximum atomic E-state index is 12.5. The first-order valence-corrected chi connectivity index (χ1v) is 8.89. The summed E-state index contributed by atoms with van der Waals surface area (Å²) in [5.74, 6) is 1.16. The quantitative estimate of drug-likeness (QED) is 0.832. The van der Waals surface area contributed by atoms with Crippen molar-refractivity contribution in [1.82, 2.24) is 19.2 Å². The molecule has 2 aliphatic heterocycles. The highest BCUT2D eigenvalue weighted by molar-refractivity contribution is 5.32. The Morgan fingerprint density at radius 1 is 1.12 bits per heavy atom. The van der Waals surface area contributed by atoms with E-state index in [1.807, 2.05) is 30.3 Å². The third-order valence-electron chi connectivity index (χ3n) is 5.01. The zero-order chi connectivity index (χ0) is 17.2. The predicted octanol–water partition coefficient (Wildman–Crippen LogP) is 1.12. The van der Waals surface area contributed by atoms with Crippen molar-refractivity contribution in [3.8, 4) is 5.69 Å². The molecule has 0 amide bonds. The maximum Gasteiger partial charge on any atom is 0.350 e. The van der Waals surface area contributed by atoms with Crippen LogP contribution in [0.1, 0.15) is 24.6 Å². The molecular formula is C18H24N4O3. The zero-order valence-electron chi connectivity index (χ0n) is 14.5. The lowest BCUT2D eigenvalue weighted by Gasteiger charge is -2.32. The Labute approximate surface area is 146 Å². The van der Waals surface area contributed by atoms with E-state index in [1.165, 1.54) is 4.68 Å². The highest BCUT2D eigenvalue weighted by Gasteiger charge is 2.28. The van der Waals surface area contributed by atoms with E-state index in [2.05, 4.69) is 10.00 Å². The van der Waals surface area contributed by atoms with Crippen molar-refractivity contribution < 1.29 is 9.47 Å². The fourth-order valence-corrected chi connectivity index (χ4v) is 3.67. The molecule has 2 aliphatic rings. The van der Waals surface area contributed by atoms with Crippen LogP contribution in [0, 0.1) is 0 Å². The van der Waals surface area contributed by atoms with E-state index in [0.717, 1.165) is 44.0 Å². The molecule has 2 aromatic rings. The van der Waals surface area contributed by atoms with Crippen LogP contribution >= 0.6 is 0 Å². The van der Waals surface area contributed by atoms with Crippen molar-refractivity contribution in [1.29, 1.82) is 0 Å². The number of hydrogen-bond donors (Lipinski definition) is 0. The van der Waals surface area contributed by atoms with E-state index in [9.17, 15) is 4.79 Å². The molecule has 0 bridgehead atoms. The molecule has 2 fully saturated rings. The normalized spacial score (nSPS) is 20.4. The van der Waals surface area contributed by atoms with Gasteiger partial charge < -0.3 is 9.47 Å².